The van der Waals surface area contributed by atoms with E-state index in [1.165, 1.54) is 0 Å². The first-order valence-electron chi connectivity index (χ1n) is 5.56. The van der Waals surface area contributed by atoms with Crippen molar-refractivity contribution < 1.29 is 8.42 Å². The van der Waals surface area contributed by atoms with Gasteiger partial charge in [0, 0.05) is 16.7 Å². The Hall–Kier alpha value is -0.590. The van der Waals surface area contributed by atoms with Crippen molar-refractivity contribution >= 4 is 31.6 Å². The second-order valence-corrected chi connectivity index (χ2v) is 7.00. The Morgan fingerprint density at radius 1 is 1.29 bits per heavy atom. The fraction of sp³-hybridized carbons (Fsp3) is 0.455. The Morgan fingerprint density at radius 3 is 2.59 bits per heavy atom. The third-order valence-corrected chi connectivity index (χ3v) is 5.12. The summed E-state index contributed by atoms with van der Waals surface area (Å²) >= 11 is 3.31. The predicted octanol–water partition coefficient (Wildman–Crippen LogP) is 1.94. The van der Waals surface area contributed by atoms with E-state index < -0.39 is 10.0 Å². The lowest BCUT2D eigenvalue weighted by Gasteiger charge is -2.23. The van der Waals surface area contributed by atoms with Crippen molar-refractivity contribution in [2.24, 2.45) is 0 Å². The summed E-state index contributed by atoms with van der Waals surface area (Å²) in [5.74, 6) is 0. The molecule has 0 radical (unpaired) electrons. The number of sulfonamides is 1. The maximum Gasteiger partial charge on any atom is 0.236 e. The predicted molar refractivity (Wildman–Crippen MR) is 72.6 cm³/mol. The van der Waals surface area contributed by atoms with Crippen LogP contribution in [0.4, 0.5) is 5.69 Å². The van der Waals surface area contributed by atoms with Crippen LogP contribution in [0.15, 0.2) is 28.7 Å². The fourth-order valence-electron chi connectivity index (χ4n) is 1.85. The van der Waals surface area contributed by atoms with Crippen LogP contribution in [0.25, 0.3) is 0 Å². The van der Waals surface area contributed by atoms with Crippen LogP contribution in [0, 0.1) is 0 Å². The van der Waals surface area contributed by atoms with Gasteiger partial charge in [-0.3, -0.25) is 4.72 Å². The first-order valence-corrected chi connectivity index (χ1v) is 7.90. The number of halogens is 1. The van der Waals surface area contributed by atoms with E-state index in [2.05, 4.69) is 26.0 Å². The minimum Gasteiger partial charge on any atom is -0.315 e. The Bertz CT molecular complexity index is 467. The highest BCUT2D eigenvalue weighted by Crippen LogP contribution is 2.18. The monoisotopic (exact) mass is 318 g/mol. The lowest BCUT2D eigenvalue weighted by atomic mass is 10.2. The van der Waals surface area contributed by atoms with Gasteiger partial charge in [-0.15, -0.1) is 0 Å². The van der Waals surface area contributed by atoms with Crippen LogP contribution in [-0.4, -0.2) is 26.8 Å². The summed E-state index contributed by atoms with van der Waals surface area (Å²) in [5.41, 5.74) is 0.610. The fourth-order valence-corrected chi connectivity index (χ4v) is 3.56. The van der Waals surface area contributed by atoms with Crippen molar-refractivity contribution in [1.29, 1.82) is 0 Å². The average molecular weight is 319 g/mol. The number of hydrogen-bond donors (Lipinski definition) is 2. The first kappa shape index (κ1) is 12.9. The Kier molecular flexibility index (Phi) is 4.06. The molecular formula is C11H15BrN2O2S. The third kappa shape index (κ3) is 3.43. The van der Waals surface area contributed by atoms with Crippen LogP contribution < -0.4 is 10.0 Å². The molecule has 6 heteroatoms. The lowest BCUT2D eigenvalue weighted by Crippen LogP contribution is -2.41. The second kappa shape index (κ2) is 5.37. The molecule has 1 saturated heterocycles. The molecule has 1 aliphatic heterocycles. The zero-order chi connectivity index (χ0) is 12.3. The van der Waals surface area contributed by atoms with Crippen molar-refractivity contribution in [2.75, 3.05) is 17.8 Å². The molecule has 1 atom stereocenters. The largest absolute Gasteiger partial charge is 0.315 e. The zero-order valence-corrected chi connectivity index (χ0v) is 11.7. The first-order chi connectivity index (χ1) is 8.08. The Labute approximate surface area is 110 Å². The summed E-state index contributed by atoms with van der Waals surface area (Å²) in [4.78, 5) is 0. The van der Waals surface area contributed by atoms with Crippen molar-refractivity contribution in [3.05, 3.63) is 28.7 Å². The van der Waals surface area contributed by atoms with E-state index in [0.717, 1.165) is 23.9 Å². The molecule has 0 saturated carbocycles. The van der Waals surface area contributed by atoms with E-state index in [1.54, 1.807) is 12.1 Å². The van der Waals surface area contributed by atoms with Crippen molar-refractivity contribution in [1.82, 2.24) is 5.32 Å². The summed E-state index contributed by atoms with van der Waals surface area (Å²) in [6.07, 6.45) is 1.63. The standard InChI is InChI=1S/C11H15BrN2O2S/c12-9-3-5-10(6-4-9)14-17(15,16)11-2-1-7-13-8-11/h3-6,11,13-14H,1-2,7-8H2. The summed E-state index contributed by atoms with van der Waals surface area (Å²) in [6.45, 7) is 1.44. The molecule has 2 rings (SSSR count). The maximum absolute atomic E-state index is 12.1. The van der Waals surface area contributed by atoms with Gasteiger partial charge in [0.05, 0.1) is 5.25 Å². The molecule has 1 aliphatic rings. The highest BCUT2D eigenvalue weighted by Gasteiger charge is 2.26. The van der Waals surface area contributed by atoms with E-state index in [4.69, 9.17) is 0 Å². The number of nitrogens with one attached hydrogen (secondary N) is 2. The quantitative estimate of drug-likeness (QED) is 0.895. The Balaban J connectivity index is 2.08. The number of benzene rings is 1. The van der Waals surface area contributed by atoms with Crippen LogP contribution in [0.2, 0.25) is 0 Å². The van der Waals surface area contributed by atoms with E-state index in [-0.39, 0.29) is 5.25 Å². The third-order valence-electron chi connectivity index (χ3n) is 2.79. The molecule has 2 N–H and O–H groups in total. The number of piperidine rings is 1. The lowest BCUT2D eigenvalue weighted by molar-refractivity contribution is 0.499. The van der Waals surface area contributed by atoms with Gasteiger partial charge in [-0.1, -0.05) is 15.9 Å². The van der Waals surface area contributed by atoms with Crippen LogP contribution in [-0.2, 0) is 10.0 Å². The van der Waals surface area contributed by atoms with Gasteiger partial charge in [0.1, 0.15) is 0 Å². The van der Waals surface area contributed by atoms with Gasteiger partial charge >= 0.3 is 0 Å². The maximum atomic E-state index is 12.1. The molecular weight excluding hydrogens is 304 g/mol. The van der Waals surface area contributed by atoms with Gasteiger partial charge in [0.15, 0.2) is 0 Å². The minimum absolute atomic E-state index is 0.333. The highest BCUT2D eigenvalue weighted by atomic mass is 79.9. The van der Waals surface area contributed by atoms with Crippen LogP contribution in [0.5, 0.6) is 0 Å². The van der Waals surface area contributed by atoms with Gasteiger partial charge in [-0.2, -0.15) is 0 Å². The summed E-state index contributed by atoms with van der Waals surface area (Å²) in [7, 11) is -3.28. The summed E-state index contributed by atoms with van der Waals surface area (Å²) in [6, 6.07) is 7.13. The molecule has 0 amide bonds. The molecule has 1 unspecified atom stereocenters. The molecule has 94 valence electrons. The molecule has 1 heterocycles. The molecule has 1 fully saturated rings. The van der Waals surface area contributed by atoms with Gasteiger partial charge in [0.2, 0.25) is 10.0 Å². The molecule has 17 heavy (non-hydrogen) atoms. The van der Waals surface area contributed by atoms with Crippen LogP contribution >= 0.6 is 15.9 Å². The molecule has 4 nitrogen and oxygen atoms in total. The highest BCUT2D eigenvalue weighted by molar-refractivity contribution is 9.10. The molecule has 0 bridgehead atoms. The topological polar surface area (TPSA) is 58.2 Å². The number of anilines is 1. The Morgan fingerprint density at radius 2 is 2.00 bits per heavy atom. The molecule has 1 aromatic rings. The summed E-state index contributed by atoms with van der Waals surface area (Å²) < 4.78 is 27.7. The van der Waals surface area contributed by atoms with Gasteiger partial charge in [-0.25, -0.2) is 8.42 Å². The SMILES string of the molecule is O=S(=O)(Nc1ccc(Br)cc1)C1CCCNC1. The number of rotatable bonds is 3. The zero-order valence-electron chi connectivity index (χ0n) is 9.32. The van der Waals surface area contributed by atoms with Crippen molar-refractivity contribution in [3.8, 4) is 0 Å². The molecule has 1 aromatic carbocycles. The minimum atomic E-state index is -3.28. The molecule has 0 spiro atoms. The normalized spacial score (nSPS) is 21.1. The van der Waals surface area contributed by atoms with Gasteiger partial charge in [-0.05, 0) is 43.7 Å². The second-order valence-electron chi connectivity index (χ2n) is 4.12. The van der Waals surface area contributed by atoms with E-state index in [9.17, 15) is 8.42 Å². The summed E-state index contributed by atoms with van der Waals surface area (Å²) in [5, 5.41) is 2.78. The van der Waals surface area contributed by atoms with E-state index in [0.29, 0.717) is 12.2 Å². The van der Waals surface area contributed by atoms with E-state index >= 15 is 0 Å². The van der Waals surface area contributed by atoms with Crippen LogP contribution in [0.1, 0.15) is 12.8 Å². The van der Waals surface area contributed by atoms with Crippen molar-refractivity contribution in [2.45, 2.75) is 18.1 Å². The van der Waals surface area contributed by atoms with E-state index in [1.807, 2.05) is 12.1 Å². The average Bonchev–Trinajstić information content (AvgIpc) is 2.33. The molecule has 0 aromatic heterocycles. The van der Waals surface area contributed by atoms with Crippen molar-refractivity contribution in [3.63, 3.8) is 0 Å². The smallest absolute Gasteiger partial charge is 0.236 e. The number of hydrogen-bond acceptors (Lipinski definition) is 3. The molecule has 0 aliphatic carbocycles. The van der Waals surface area contributed by atoms with Crippen LogP contribution in [0.3, 0.4) is 0 Å². The van der Waals surface area contributed by atoms with Gasteiger partial charge in [0.25, 0.3) is 0 Å². The van der Waals surface area contributed by atoms with Gasteiger partial charge < -0.3 is 5.32 Å².